The Bertz CT molecular complexity index is 697. The number of amides is 1. The highest BCUT2D eigenvalue weighted by atomic mass is 16.5. The third-order valence-corrected chi connectivity index (χ3v) is 4.24. The van der Waals surface area contributed by atoms with Crippen molar-refractivity contribution in [2.45, 2.75) is 25.9 Å². The Kier molecular flexibility index (Phi) is 4.51. The molecule has 0 fully saturated rings. The van der Waals surface area contributed by atoms with Crippen molar-refractivity contribution in [3.8, 4) is 11.5 Å². The van der Waals surface area contributed by atoms with Crippen molar-refractivity contribution in [1.82, 2.24) is 4.90 Å². The van der Waals surface area contributed by atoms with Crippen molar-refractivity contribution in [3.05, 3.63) is 59.2 Å². The molecule has 0 bridgehead atoms. The van der Waals surface area contributed by atoms with E-state index >= 15 is 0 Å². The second kappa shape index (κ2) is 6.73. The number of benzene rings is 2. The van der Waals surface area contributed by atoms with E-state index in [1.165, 1.54) is 0 Å². The van der Waals surface area contributed by atoms with Crippen LogP contribution in [0.25, 0.3) is 0 Å². The van der Waals surface area contributed by atoms with Gasteiger partial charge < -0.3 is 14.4 Å². The number of hydrogen-bond acceptors (Lipinski definition) is 3. The maximum absolute atomic E-state index is 12.5. The van der Waals surface area contributed by atoms with E-state index in [0.29, 0.717) is 25.3 Å². The van der Waals surface area contributed by atoms with Crippen LogP contribution in [0.4, 0.5) is 0 Å². The summed E-state index contributed by atoms with van der Waals surface area (Å²) in [5.74, 6) is 1.61. The van der Waals surface area contributed by atoms with Crippen LogP contribution in [0.5, 0.6) is 11.5 Å². The molecule has 120 valence electrons. The molecular formula is C19H21NO3. The van der Waals surface area contributed by atoms with Gasteiger partial charge in [-0.25, -0.2) is 0 Å². The van der Waals surface area contributed by atoms with Crippen molar-refractivity contribution in [3.63, 3.8) is 0 Å². The molecule has 3 rings (SSSR count). The van der Waals surface area contributed by atoms with Crippen molar-refractivity contribution < 1.29 is 14.3 Å². The Morgan fingerprint density at radius 2 is 1.61 bits per heavy atom. The number of aryl methyl sites for hydroxylation is 1. The van der Waals surface area contributed by atoms with E-state index in [1.807, 2.05) is 47.4 Å². The number of carbonyl (C=O) groups is 1. The zero-order chi connectivity index (χ0) is 16.2. The number of nitrogens with zero attached hydrogens (tertiary/aromatic N) is 1. The summed E-state index contributed by atoms with van der Waals surface area (Å²) in [5.41, 5.74) is 3.43. The molecule has 0 aromatic heterocycles. The Morgan fingerprint density at radius 1 is 0.957 bits per heavy atom. The van der Waals surface area contributed by atoms with E-state index in [0.717, 1.165) is 28.9 Å². The Hall–Kier alpha value is -2.49. The smallest absolute Gasteiger partial charge is 0.223 e. The summed E-state index contributed by atoms with van der Waals surface area (Å²) < 4.78 is 10.8. The van der Waals surface area contributed by atoms with Crippen LogP contribution in [-0.2, 0) is 24.3 Å². The highest BCUT2D eigenvalue weighted by Crippen LogP contribution is 2.33. The van der Waals surface area contributed by atoms with Gasteiger partial charge in [0.1, 0.15) is 0 Å². The lowest BCUT2D eigenvalue weighted by Gasteiger charge is -2.21. The molecule has 1 aliphatic heterocycles. The van der Waals surface area contributed by atoms with Crippen LogP contribution in [-0.4, -0.2) is 25.0 Å². The molecule has 23 heavy (non-hydrogen) atoms. The quantitative estimate of drug-likeness (QED) is 0.870. The third kappa shape index (κ3) is 3.31. The van der Waals surface area contributed by atoms with E-state index in [-0.39, 0.29) is 5.91 Å². The normalized spacial score (nSPS) is 14.2. The van der Waals surface area contributed by atoms with E-state index < -0.39 is 0 Å². The molecule has 0 spiro atoms. The predicted octanol–water partition coefficient (Wildman–Crippen LogP) is 3.18. The van der Waals surface area contributed by atoms with Gasteiger partial charge in [-0.15, -0.1) is 0 Å². The number of carbonyl (C=O) groups excluding carboxylic acids is 1. The average molecular weight is 311 g/mol. The van der Waals surface area contributed by atoms with E-state index in [9.17, 15) is 4.79 Å². The summed E-state index contributed by atoms with van der Waals surface area (Å²) in [7, 11) is 3.27. The molecule has 1 heterocycles. The van der Waals surface area contributed by atoms with Crippen LogP contribution in [0.1, 0.15) is 23.1 Å². The number of rotatable bonds is 4. The van der Waals surface area contributed by atoms with Crippen LogP contribution in [0.15, 0.2) is 42.5 Å². The summed E-state index contributed by atoms with van der Waals surface area (Å²) in [6.07, 6.45) is 1.26. The first-order chi connectivity index (χ1) is 11.2. The fraction of sp³-hybridized carbons (Fsp3) is 0.316. The lowest BCUT2D eigenvalue weighted by atomic mass is 10.0. The molecule has 0 aliphatic carbocycles. The van der Waals surface area contributed by atoms with Crippen molar-refractivity contribution >= 4 is 5.91 Å². The summed E-state index contributed by atoms with van der Waals surface area (Å²) in [6, 6.07) is 14.1. The van der Waals surface area contributed by atoms with Crippen LogP contribution < -0.4 is 9.47 Å². The Balaban J connectivity index is 1.89. The highest BCUT2D eigenvalue weighted by Gasteiger charge is 2.22. The maximum Gasteiger partial charge on any atom is 0.223 e. The number of fused-ring (bicyclic) bond motifs is 1. The zero-order valence-electron chi connectivity index (χ0n) is 13.5. The van der Waals surface area contributed by atoms with Crippen LogP contribution in [0.2, 0.25) is 0 Å². The summed E-state index contributed by atoms with van der Waals surface area (Å²) >= 11 is 0. The average Bonchev–Trinajstić information content (AvgIpc) is 2.74. The summed E-state index contributed by atoms with van der Waals surface area (Å²) in [4.78, 5) is 14.4. The molecule has 0 radical (unpaired) electrons. The number of ether oxygens (including phenoxy) is 2. The van der Waals surface area contributed by atoms with Crippen molar-refractivity contribution in [2.24, 2.45) is 0 Å². The minimum Gasteiger partial charge on any atom is -0.493 e. The number of methoxy groups -OCH3 is 2. The molecule has 4 heteroatoms. The minimum absolute atomic E-state index is 0.183. The second-order valence-electron chi connectivity index (χ2n) is 5.71. The monoisotopic (exact) mass is 311 g/mol. The lowest BCUT2D eigenvalue weighted by molar-refractivity contribution is -0.132. The maximum atomic E-state index is 12.5. The molecule has 0 saturated carbocycles. The van der Waals surface area contributed by atoms with E-state index in [2.05, 4.69) is 0 Å². The predicted molar refractivity (Wildman–Crippen MR) is 88.6 cm³/mol. The molecule has 0 atom stereocenters. The van der Waals surface area contributed by atoms with Gasteiger partial charge in [0.15, 0.2) is 11.5 Å². The molecule has 1 amide bonds. The van der Waals surface area contributed by atoms with Gasteiger partial charge in [0.2, 0.25) is 5.91 Å². The molecule has 0 unspecified atom stereocenters. The minimum atomic E-state index is 0.183. The Morgan fingerprint density at radius 3 is 2.26 bits per heavy atom. The standard InChI is InChI=1S/C19H21NO3/c1-22-17-10-15-8-9-19(21)20(12-14-6-4-3-5-7-14)13-16(15)11-18(17)23-2/h3-7,10-11H,8-9,12-13H2,1-2H3. The van der Waals surface area contributed by atoms with Crippen molar-refractivity contribution in [1.29, 1.82) is 0 Å². The van der Waals surface area contributed by atoms with E-state index in [4.69, 9.17) is 9.47 Å². The first-order valence-electron chi connectivity index (χ1n) is 7.76. The third-order valence-electron chi connectivity index (χ3n) is 4.24. The van der Waals surface area contributed by atoms with Gasteiger partial charge in [-0.1, -0.05) is 30.3 Å². The number of hydrogen-bond donors (Lipinski definition) is 0. The van der Waals surface area contributed by atoms with Gasteiger partial charge in [0, 0.05) is 19.5 Å². The fourth-order valence-electron chi connectivity index (χ4n) is 2.98. The van der Waals surface area contributed by atoms with E-state index in [1.54, 1.807) is 14.2 Å². The second-order valence-corrected chi connectivity index (χ2v) is 5.71. The SMILES string of the molecule is COc1cc2c(cc1OC)CN(Cc1ccccc1)C(=O)CC2. The van der Waals surface area contributed by atoms with Gasteiger partial charge in [-0.3, -0.25) is 4.79 Å². The first-order valence-corrected chi connectivity index (χ1v) is 7.76. The fourth-order valence-corrected chi connectivity index (χ4v) is 2.98. The first kappa shape index (κ1) is 15.4. The van der Waals surface area contributed by atoms with Crippen LogP contribution in [0, 0.1) is 0 Å². The highest BCUT2D eigenvalue weighted by molar-refractivity contribution is 5.77. The molecular weight excluding hydrogens is 290 g/mol. The largest absolute Gasteiger partial charge is 0.493 e. The summed E-state index contributed by atoms with van der Waals surface area (Å²) in [6.45, 7) is 1.23. The van der Waals surface area contributed by atoms with Crippen LogP contribution in [0.3, 0.4) is 0 Å². The van der Waals surface area contributed by atoms with Gasteiger partial charge in [0.25, 0.3) is 0 Å². The molecule has 4 nitrogen and oxygen atoms in total. The summed E-state index contributed by atoms with van der Waals surface area (Å²) in [5, 5.41) is 0. The zero-order valence-corrected chi connectivity index (χ0v) is 13.5. The van der Waals surface area contributed by atoms with Crippen molar-refractivity contribution in [2.75, 3.05) is 14.2 Å². The van der Waals surface area contributed by atoms with Gasteiger partial charge in [-0.2, -0.15) is 0 Å². The molecule has 0 N–H and O–H groups in total. The molecule has 1 aliphatic rings. The Labute approximate surface area is 136 Å². The lowest BCUT2D eigenvalue weighted by Crippen LogP contribution is -2.28. The topological polar surface area (TPSA) is 38.8 Å². The molecule has 2 aromatic rings. The molecule has 0 saturated heterocycles. The van der Waals surface area contributed by atoms with Gasteiger partial charge in [0.05, 0.1) is 14.2 Å². The van der Waals surface area contributed by atoms with Gasteiger partial charge in [-0.05, 0) is 35.2 Å². The van der Waals surface area contributed by atoms with Crippen LogP contribution >= 0.6 is 0 Å². The van der Waals surface area contributed by atoms with Gasteiger partial charge >= 0.3 is 0 Å². The molecule has 2 aromatic carbocycles.